The maximum atomic E-state index is 2.42. The summed E-state index contributed by atoms with van der Waals surface area (Å²) in [4.78, 5) is 0. The third-order valence-electron chi connectivity index (χ3n) is 3.97. The quantitative estimate of drug-likeness (QED) is 0.763. The minimum absolute atomic E-state index is 0.642. The lowest BCUT2D eigenvalue weighted by Crippen LogP contribution is -2.30. The summed E-state index contributed by atoms with van der Waals surface area (Å²) in [7, 11) is 0. The first kappa shape index (κ1) is 12.2. The monoisotopic (exact) mass is 248 g/mol. The van der Waals surface area contributed by atoms with E-state index in [0.717, 1.165) is 12.8 Å². The van der Waals surface area contributed by atoms with Crippen LogP contribution in [0.1, 0.15) is 25.8 Å². The van der Waals surface area contributed by atoms with E-state index in [2.05, 4.69) is 68.5 Å². The van der Waals surface area contributed by atoms with Crippen molar-refractivity contribution in [1.29, 1.82) is 0 Å². The first-order valence-corrected chi connectivity index (χ1v) is 7.18. The fourth-order valence-electron chi connectivity index (χ4n) is 2.78. The molecule has 0 radical (unpaired) electrons. The number of benzene rings is 2. The van der Waals surface area contributed by atoms with Gasteiger partial charge in [0.05, 0.1) is 0 Å². The summed E-state index contributed by atoms with van der Waals surface area (Å²) in [6, 6.07) is 15.6. The van der Waals surface area contributed by atoms with Crippen LogP contribution in [-0.2, 0) is 6.42 Å². The molecule has 0 saturated carbocycles. The fraction of sp³-hybridized carbons (Fsp3) is 0.263. The van der Waals surface area contributed by atoms with E-state index in [0.29, 0.717) is 5.92 Å². The van der Waals surface area contributed by atoms with Crippen LogP contribution in [0, 0.1) is 5.92 Å². The molecule has 1 unspecified atom stereocenters. The van der Waals surface area contributed by atoms with Crippen LogP contribution in [0.15, 0.2) is 42.5 Å². The normalized spacial score (nSPS) is 17.3. The predicted molar refractivity (Wildman–Crippen MR) is 83.2 cm³/mol. The van der Waals surface area contributed by atoms with E-state index in [1.54, 1.807) is 0 Å². The van der Waals surface area contributed by atoms with E-state index < -0.39 is 0 Å². The molecule has 0 aromatic heterocycles. The maximum Gasteiger partial charge on any atom is -0.0109 e. The van der Waals surface area contributed by atoms with Gasteiger partial charge >= 0.3 is 0 Å². The summed E-state index contributed by atoms with van der Waals surface area (Å²) < 4.78 is 0. The van der Waals surface area contributed by atoms with Crippen LogP contribution in [-0.4, -0.2) is 0 Å². The molecule has 0 N–H and O–H groups in total. The van der Waals surface area contributed by atoms with Crippen LogP contribution in [0.5, 0.6) is 0 Å². The summed E-state index contributed by atoms with van der Waals surface area (Å²) in [5.74, 6) is 0.642. The van der Waals surface area contributed by atoms with Gasteiger partial charge in [0.2, 0.25) is 0 Å². The van der Waals surface area contributed by atoms with Gasteiger partial charge < -0.3 is 0 Å². The van der Waals surface area contributed by atoms with Crippen molar-refractivity contribution in [3.8, 4) is 11.1 Å². The van der Waals surface area contributed by atoms with Gasteiger partial charge in [0.15, 0.2) is 0 Å². The standard InChI is InChI=1S/C19H20/c1-3-15-8-11-17(12-9-15)18-6-4-5-16-10-7-14(2)13-19(16)18/h4-6,8-14H,3,7H2,1-2H3. The highest BCUT2D eigenvalue weighted by Gasteiger charge is 2.06. The van der Waals surface area contributed by atoms with Crippen LogP contribution in [0.25, 0.3) is 23.3 Å². The summed E-state index contributed by atoms with van der Waals surface area (Å²) in [5.41, 5.74) is 4.09. The zero-order chi connectivity index (χ0) is 13.2. The highest BCUT2D eigenvalue weighted by molar-refractivity contribution is 5.67. The molecule has 0 heterocycles. The number of rotatable bonds is 2. The van der Waals surface area contributed by atoms with Gasteiger partial charge in [-0.25, -0.2) is 0 Å². The summed E-state index contributed by atoms with van der Waals surface area (Å²) in [6.07, 6.45) is 7.04. The third kappa shape index (κ3) is 2.35. The van der Waals surface area contributed by atoms with Crippen LogP contribution < -0.4 is 10.4 Å². The highest BCUT2D eigenvalue weighted by Crippen LogP contribution is 2.17. The molecule has 3 rings (SSSR count). The first-order chi connectivity index (χ1) is 9.28. The second kappa shape index (κ2) is 5.05. The topological polar surface area (TPSA) is 0 Å². The van der Waals surface area contributed by atoms with E-state index in [4.69, 9.17) is 0 Å². The molecule has 0 bridgehead atoms. The van der Waals surface area contributed by atoms with Gasteiger partial charge in [-0.2, -0.15) is 0 Å². The molecule has 0 saturated heterocycles. The SMILES string of the molecule is CCc1ccc(-c2cccc3c2=CC(C)CC=3)cc1. The number of hydrogen-bond acceptors (Lipinski definition) is 0. The lowest BCUT2D eigenvalue weighted by Gasteiger charge is -2.11. The summed E-state index contributed by atoms with van der Waals surface area (Å²) in [5, 5.41) is 2.79. The predicted octanol–water partition coefficient (Wildman–Crippen LogP) is 3.52. The number of fused-ring (bicyclic) bond motifs is 1. The maximum absolute atomic E-state index is 2.42. The molecule has 0 heteroatoms. The van der Waals surface area contributed by atoms with Crippen molar-refractivity contribution in [2.75, 3.05) is 0 Å². The average Bonchev–Trinajstić information content (AvgIpc) is 2.47. The Morgan fingerprint density at radius 1 is 1.05 bits per heavy atom. The molecule has 1 atom stereocenters. The van der Waals surface area contributed by atoms with Crippen LogP contribution >= 0.6 is 0 Å². The van der Waals surface area contributed by atoms with E-state index in [-0.39, 0.29) is 0 Å². The lowest BCUT2D eigenvalue weighted by molar-refractivity contribution is 0.800. The minimum atomic E-state index is 0.642. The molecule has 2 aromatic rings. The molecule has 0 fully saturated rings. The summed E-state index contributed by atoms with van der Waals surface area (Å²) in [6.45, 7) is 4.49. The molecule has 96 valence electrons. The van der Waals surface area contributed by atoms with Crippen molar-refractivity contribution in [3.63, 3.8) is 0 Å². The van der Waals surface area contributed by atoms with Gasteiger partial charge in [-0.05, 0) is 45.9 Å². The smallest absolute Gasteiger partial charge is 0.0109 e. The highest BCUT2D eigenvalue weighted by atomic mass is 14.1. The van der Waals surface area contributed by atoms with Gasteiger partial charge in [-0.15, -0.1) is 0 Å². The van der Waals surface area contributed by atoms with Gasteiger partial charge in [0.25, 0.3) is 0 Å². The van der Waals surface area contributed by atoms with Gasteiger partial charge in [-0.1, -0.05) is 68.5 Å². The van der Waals surface area contributed by atoms with Crippen molar-refractivity contribution in [3.05, 3.63) is 58.5 Å². The second-order valence-corrected chi connectivity index (χ2v) is 5.44. The zero-order valence-electron chi connectivity index (χ0n) is 11.7. The third-order valence-corrected chi connectivity index (χ3v) is 3.97. The van der Waals surface area contributed by atoms with Gasteiger partial charge in [-0.3, -0.25) is 0 Å². The Labute approximate surface area is 115 Å². The van der Waals surface area contributed by atoms with E-state index in [9.17, 15) is 0 Å². The zero-order valence-corrected chi connectivity index (χ0v) is 11.7. The Hall–Kier alpha value is -1.82. The largest absolute Gasteiger partial charge is 0.0761 e. The Morgan fingerprint density at radius 3 is 2.58 bits per heavy atom. The van der Waals surface area contributed by atoms with Crippen molar-refractivity contribution in [2.24, 2.45) is 5.92 Å². The first-order valence-electron chi connectivity index (χ1n) is 7.18. The van der Waals surface area contributed by atoms with E-state index in [1.807, 2.05) is 0 Å². The molecule has 1 aliphatic carbocycles. The molecule has 1 aliphatic rings. The molecule has 0 amide bonds. The molecule has 2 aromatic carbocycles. The van der Waals surface area contributed by atoms with Gasteiger partial charge in [0.1, 0.15) is 0 Å². The Kier molecular flexibility index (Phi) is 3.25. The Balaban J connectivity index is 2.18. The fourth-order valence-corrected chi connectivity index (χ4v) is 2.78. The molecule has 0 spiro atoms. The van der Waals surface area contributed by atoms with E-state index in [1.165, 1.54) is 27.1 Å². The van der Waals surface area contributed by atoms with Crippen LogP contribution in [0.4, 0.5) is 0 Å². The molecule has 0 aliphatic heterocycles. The lowest BCUT2D eigenvalue weighted by atomic mass is 9.93. The Morgan fingerprint density at radius 2 is 1.84 bits per heavy atom. The van der Waals surface area contributed by atoms with Gasteiger partial charge in [0, 0.05) is 0 Å². The molecular formula is C19H20. The molecule has 19 heavy (non-hydrogen) atoms. The average molecular weight is 248 g/mol. The van der Waals surface area contributed by atoms with E-state index >= 15 is 0 Å². The molecule has 0 nitrogen and oxygen atoms in total. The van der Waals surface area contributed by atoms with Crippen molar-refractivity contribution < 1.29 is 0 Å². The van der Waals surface area contributed by atoms with Crippen molar-refractivity contribution in [2.45, 2.75) is 26.7 Å². The Bertz CT molecular complexity index is 690. The van der Waals surface area contributed by atoms with Crippen LogP contribution in [0.2, 0.25) is 0 Å². The summed E-state index contributed by atoms with van der Waals surface area (Å²) >= 11 is 0. The minimum Gasteiger partial charge on any atom is -0.0761 e. The number of aryl methyl sites for hydroxylation is 1. The molecular weight excluding hydrogens is 228 g/mol. The van der Waals surface area contributed by atoms with Crippen LogP contribution in [0.3, 0.4) is 0 Å². The second-order valence-electron chi connectivity index (χ2n) is 5.44. The number of hydrogen-bond donors (Lipinski definition) is 0. The van der Waals surface area contributed by atoms with Crippen molar-refractivity contribution in [1.82, 2.24) is 0 Å². The van der Waals surface area contributed by atoms with Crippen molar-refractivity contribution >= 4 is 12.2 Å².